The highest BCUT2D eigenvalue weighted by molar-refractivity contribution is 9.10. The Labute approximate surface area is 100 Å². The maximum Gasteiger partial charge on any atom is 0.158 e. The third-order valence-electron chi connectivity index (χ3n) is 2.04. The molecule has 0 aliphatic heterocycles. The monoisotopic (exact) mass is 286 g/mol. The van der Waals surface area contributed by atoms with Crippen molar-refractivity contribution in [2.75, 3.05) is 0 Å². The van der Waals surface area contributed by atoms with E-state index in [-0.39, 0.29) is 0 Å². The minimum absolute atomic E-state index is 0.406. The molecule has 0 aromatic carbocycles. The molecule has 0 bridgehead atoms. The van der Waals surface area contributed by atoms with Gasteiger partial charge >= 0.3 is 0 Å². The van der Waals surface area contributed by atoms with Crippen LogP contribution in [0.4, 0.5) is 0 Å². The van der Waals surface area contributed by atoms with Crippen LogP contribution in [0, 0.1) is 13.8 Å². The lowest BCUT2D eigenvalue weighted by atomic mass is 10.4. The van der Waals surface area contributed by atoms with Crippen LogP contribution in [-0.4, -0.2) is 19.7 Å². The lowest BCUT2D eigenvalue weighted by molar-refractivity contribution is 0.800. The van der Waals surface area contributed by atoms with E-state index in [0.717, 1.165) is 15.9 Å². The van der Waals surface area contributed by atoms with E-state index in [1.165, 1.54) is 6.33 Å². The van der Waals surface area contributed by atoms with Crippen LogP contribution in [0.1, 0.15) is 11.4 Å². The van der Waals surface area contributed by atoms with E-state index >= 15 is 0 Å². The Morgan fingerprint density at radius 2 is 2.07 bits per heavy atom. The van der Waals surface area contributed by atoms with Gasteiger partial charge in [-0.3, -0.25) is 0 Å². The highest BCUT2D eigenvalue weighted by atomic mass is 79.9. The summed E-state index contributed by atoms with van der Waals surface area (Å²) in [6.45, 7) is 3.89. The second-order valence-corrected chi connectivity index (χ2v) is 4.28. The zero-order valence-corrected chi connectivity index (χ0v) is 10.5. The number of hydrogen-bond donors (Lipinski definition) is 0. The van der Waals surface area contributed by atoms with Gasteiger partial charge in [0.05, 0.1) is 15.9 Å². The molecule has 0 spiro atoms. The number of rotatable bonds is 1. The molecule has 78 valence electrons. The van der Waals surface area contributed by atoms with Crippen molar-refractivity contribution in [3.8, 4) is 5.82 Å². The van der Waals surface area contributed by atoms with Crippen molar-refractivity contribution >= 4 is 27.5 Å². The third kappa shape index (κ3) is 1.89. The molecule has 2 heterocycles. The lowest BCUT2D eigenvalue weighted by Gasteiger charge is -2.02. The maximum atomic E-state index is 5.79. The average molecular weight is 288 g/mol. The van der Waals surface area contributed by atoms with Gasteiger partial charge in [0.1, 0.15) is 11.5 Å². The molecular formula is C9H8BrClN4. The first-order valence-corrected chi connectivity index (χ1v) is 5.46. The van der Waals surface area contributed by atoms with Crippen molar-refractivity contribution in [3.63, 3.8) is 0 Å². The van der Waals surface area contributed by atoms with Crippen molar-refractivity contribution in [2.45, 2.75) is 13.8 Å². The topological polar surface area (TPSA) is 43.6 Å². The van der Waals surface area contributed by atoms with Gasteiger partial charge in [-0.1, -0.05) is 11.6 Å². The molecule has 6 heteroatoms. The van der Waals surface area contributed by atoms with Crippen molar-refractivity contribution in [1.29, 1.82) is 0 Å². The van der Waals surface area contributed by atoms with Crippen LogP contribution < -0.4 is 0 Å². The number of aryl methyl sites for hydroxylation is 1. The zero-order chi connectivity index (χ0) is 11.0. The van der Waals surface area contributed by atoms with Crippen LogP contribution >= 0.6 is 27.5 Å². The van der Waals surface area contributed by atoms with E-state index < -0.39 is 0 Å². The predicted octanol–water partition coefficient (Wildman–Crippen LogP) is 2.70. The quantitative estimate of drug-likeness (QED) is 0.758. The molecule has 0 radical (unpaired) electrons. The van der Waals surface area contributed by atoms with Gasteiger partial charge in [0.25, 0.3) is 0 Å². The number of halogens is 2. The van der Waals surface area contributed by atoms with E-state index in [1.807, 2.05) is 13.8 Å². The molecule has 0 saturated heterocycles. The fourth-order valence-electron chi connectivity index (χ4n) is 1.29. The van der Waals surface area contributed by atoms with Crippen LogP contribution in [0.3, 0.4) is 0 Å². The minimum atomic E-state index is 0.406. The summed E-state index contributed by atoms with van der Waals surface area (Å²) < 4.78 is 2.71. The highest BCUT2D eigenvalue weighted by Gasteiger charge is 2.11. The molecule has 4 nitrogen and oxygen atoms in total. The summed E-state index contributed by atoms with van der Waals surface area (Å²) in [5.74, 6) is 0.668. The molecule has 2 rings (SSSR count). The second-order valence-electron chi connectivity index (χ2n) is 3.10. The van der Waals surface area contributed by atoms with Gasteiger partial charge in [0, 0.05) is 6.07 Å². The summed E-state index contributed by atoms with van der Waals surface area (Å²) in [6.07, 6.45) is 1.42. The normalized spacial score (nSPS) is 10.7. The van der Waals surface area contributed by atoms with Crippen LogP contribution in [0.15, 0.2) is 16.9 Å². The molecule has 0 saturated carbocycles. The van der Waals surface area contributed by atoms with Crippen LogP contribution in [0.2, 0.25) is 5.15 Å². The molecule has 2 aromatic rings. The van der Waals surface area contributed by atoms with Crippen molar-refractivity contribution < 1.29 is 0 Å². The molecule has 0 aliphatic rings. The first kappa shape index (κ1) is 10.6. The van der Waals surface area contributed by atoms with E-state index in [1.54, 1.807) is 10.7 Å². The summed E-state index contributed by atoms with van der Waals surface area (Å²) in [6, 6.07) is 1.67. The van der Waals surface area contributed by atoms with Gasteiger partial charge in [-0.15, -0.1) is 0 Å². The Morgan fingerprint density at radius 1 is 1.33 bits per heavy atom. The van der Waals surface area contributed by atoms with E-state index in [0.29, 0.717) is 11.0 Å². The minimum Gasteiger partial charge on any atom is -0.224 e. The SMILES string of the molecule is Cc1nn(-c2cc(Cl)ncn2)c(C)c1Br. The Hall–Kier alpha value is -0.940. The van der Waals surface area contributed by atoms with Crippen LogP contribution in [0.25, 0.3) is 5.82 Å². The Balaban J connectivity index is 2.59. The van der Waals surface area contributed by atoms with Gasteiger partial charge in [0.2, 0.25) is 0 Å². The molecule has 0 aliphatic carbocycles. The molecule has 0 amide bonds. The second kappa shape index (κ2) is 3.90. The highest BCUT2D eigenvalue weighted by Crippen LogP contribution is 2.22. The molecule has 0 fully saturated rings. The lowest BCUT2D eigenvalue weighted by Crippen LogP contribution is -2.02. The maximum absolute atomic E-state index is 5.79. The largest absolute Gasteiger partial charge is 0.224 e. The third-order valence-corrected chi connectivity index (χ3v) is 3.39. The standard InChI is InChI=1S/C9H8BrClN4/c1-5-9(10)6(2)15(14-5)8-3-7(11)12-4-13-8/h3-4H,1-2H3. The fourth-order valence-corrected chi connectivity index (χ4v) is 1.68. The Morgan fingerprint density at radius 3 is 2.60 bits per heavy atom. The van der Waals surface area contributed by atoms with Gasteiger partial charge in [-0.05, 0) is 29.8 Å². The fraction of sp³-hybridized carbons (Fsp3) is 0.222. The first-order valence-electron chi connectivity index (χ1n) is 4.29. The molecule has 15 heavy (non-hydrogen) atoms. The summed E-state index contributed by atoms with van der Waals surface area (Å²) in [7, 11) is 0. The summed E-state index contributed by atoms with van der Waals surface area (Å²) in [5.41, 5.74) is 1.91. The predicted molar refractivity (Wildman–Crippen MR) is 61.3 cm³/mol. The van der Waals surface area contributed by atoms with E-state index in [4.69, 9.17) is 11.6 Å². The van der Waals surface area contributed by atoms with Crippen molar-refractivity contribution in [1.82, 2.24) is 19.7 Å². The molecule has 2 aromatic heterocycles. The molecule has 0 N–H and O–H groups in total. The summed E-state index contributed by atoms with van der Waals surface area (Å²) in [4.78, 5) is 7.93. The van der Waals surface area contributed by atoms with Crippen LogP contribution in [-0.2, 0) is 0 Å². The van der Waals surface area contributed by atoms with Gasteiger partial charge < -0.3 is 0 Å². The number of nitrogens with zero attached hydrogens (tertiary/aromatic N) is 4. The van der Waals surface area contributed by atoms with E-state index in [9.17, 15) is 0 Å². The van der Waals surface area contributed by atoms with Crippen LogP contribution in [0.5, 0.6) is 0 Å². The van der Waals surface area contributed by atoms with Crippen molar-refractivity contribution in [3.05, 3.63) is 33.4 Å². The molecular weight excluding hydrogens is 279 g/mol. The molecule has 0 unspecified atom stereocenters. The van der Waals surface area contributed by atoms with Gasteiger partial charge in [-0.2, -0.15) is 5.10 Å². The Bertz CT molecular complexity index is 509. The van der Waals surface area contributed by atoms with Gasteiger partial charge in [-0.25, -0.2) is 14.6 Å². The first-order chi connectivity index (χ1) is 7.09. The van der Waals surface area contributed by atoms with Crippen molar-refractivity contribution in [2.24, 2.45) is 0 Å². The number of aromatic nitrogens is 4. The average Bonchev–Trinajstić information content (AvgIpc) is 2.46. The summed E-state index contributed by atoms with van der Waals surface area (Å²) >= 11 is 9.25. The smallest absolute Gasteiger partial charge is 0.158 e. The summed E-state index contributed by atoms with van der Waals surface area (Å²) in [5, 5.41) is 4.75. The number of hydrogen-bond acceptors (Lipinski definition) is 3. The Kier molecular flexibility index (Phi) is 2.75. The van der Waals surface area contributed by atoms with E-state index in [2.05, 4.69) is 31.0 Å². The molecule has 0 atom stereocenters. The zero-order valence-electron chi connectivity index (χ0n) is 8.20. The van der Waals surface area contributed by atoms with Gasteiger partial charge in [0.15, 0.2) is 5.82 Å².